The number of amides is 1. The summed E-state index contributed by atoms with van der Waals surface area (Å²) in [5.41, 5.74) is 10.6. The fourth-order valence-electron chi connectivity index (χ4n) is 4.39. The molecule has 0 spiro atoms. The third-order valence-corrected chi connectivity index (χ3v) is 7.77. The van der Waals surface area contributed by atoms with E-state index in [0.29, 0.717) is 29.5 Å². The predicted molar refractivity (Wildman–Crippen MR) is 157 cm³/mol. The van der Waals surface area contributed by atoms with Crippen LogP contribution in [-0.2, 0) is 13.0 Å². The van der Waals surface area contributed by atoms with E-state index in [4.69, 9.17) is 10.5 Å². The van der Waals surface area contributed by atoms with Crippen molar-refractivity contribution in [2.24, 2.45) is 0 Å². The van der Waals surface area contributed by atoms with Crippen molar-refractivity contribution in [2.75, 3.05) is 18.2 Å². The van der Waals surface area contributed by atoms with Crippen molar-refractivity contribution in [1.29, 1.82) is 0 Å². The molecule has 0 saturated carbocycles. The summed E-state index contributed by atoms with van der Waals surface area (Å²) in [7, 11) is 1.55. The highest BCUT2D eigenvalue weighted by atomic mass is 32.1. The molecule has 0 fully saturated rings. The summed E-state index contributed by atoms with van der Waals surface area (Å²) in [6.45, 7) is 4.59. The number of aromatic nitrogens is 3. The van der Waals surface area contributed by atoms with E-state index in [1.807, 2.05) is 25.1 Å². The molecule has 1 unspecified atom stereocenters. The maximum absolute atomic E-state index is 13.4. The number of hydrogen-bond acceptors (Lipinski definition) is 8. The molecule has 9 heteroatoms. The molecule has 39 heavy (non-hydrogen) atoms. The minimum atomic E-state index is -0.252. The van der Waals surface area contributed by atoms with Gasteiger partial charge < -0.3 is 21.1 Å². The van der Waals surface area contributed by atoms with Crippen LogP contribution in [0.25, 0.3) is 21.3 Å². The molecule has 2 aromatic carbocycles. The van der Waals surface area contributed by atoms with Gasteiger partial charge in [-0.1, -0.05) is 37.3 Å². The van der Waals surface area contributed by atoms with Crippen molar-refractivity contribution in [3.05, 3.63) is 94.8 Å². The Hall–Kier alpha value is -4.50. The molecule has 198 valence electrons. The summed E-state index contributed by atoms with van der Waals surface area (Å²) in [4.78, 5) is 28.4. The molecule has 0 aliphatic rings. The summed E-state index contributed by atoms with van der Waals surface area (Å²) < 4.78 is 5.52. The Bertz CT molecular complexity index is 1620. The summed E-state index contributed by atoms with van der Waals surface area (Å²) >= 11 is 1.65. The van der Waals surface area contributed by atoms with Crippen molar-refractivity contribution in [3.63, 3.8) is 0 Å². The Labute approximate surface area is 231 Å². The predicted octanol–water partition coefficient (Wildman–Crippen LogP) is 6.01. The smallest absolute Gasteiger partial charge is 0.259 e. The molecule has 5 aromatic rings. The zero-order chi connectivity index (χ0) is 27.4. The number of anilines is 2. The number of rotatable bonds is 9. The molecule has 1 atom stereocenters. The Balaban J connectivity index is 1.32. The second kappa shape index (κ2) is 11.5. The van der Waals surface area contributed by atoms with E-state index in [-0.39, 0.29) is 11.9 Å². The Morgan fingerprint density at radius 2 is 1.87 bits per heavy atom. The molecule has 0 aliphatic heterocycles. The quantitative estimate of drug-likeness (QED) is 0.210. The van der Waals surface area contributed by atoms with Gasteiger partial charge in [0.25, 0.3) is 5.91 Å². The Morgan fingerprint density at radius 1 is 1.05 bits per heavy atom. The van der Waals surface area contributed by atoms with Crippen molar-refractivity contribution >= 4 is 39.8 Å². The lowest BCUT2D eigenvalue weighted by atomic mass is 10.0. The summed E-state index contributed by atoms with van der Waals surface area (Å²) in [5, 5.41) is 7.26. The number of nitrogens with one attached hydrogen (secondary N) is 2. The average molecular weight is 539 g/mol. The van der Waals surface area contributed by atoms with E-state index in [1.165, 1.54) is 11.9 Å². The van der Waals surface area contributed by atoms with Gasteiger partial charge in [-0.3, -0.25) is 4.79 Å². The molecule has 0 aliphatic carbocycles. The van der Waals surface area contributed by atoms with Gasteiger partial charge in [-0.2, -0.15) is 0 Å². The molecule has 5 rings (SSSR count). The fourth-order valence-corrected chi connectivity index (χ4v) is 5.33. The Morgan fingerprint density at radius 3 is 2.64 bits per heavy atom. The number of benzene rings is 2. The number of pyridine rings is 1. The maximum Gasteiger partial charge on any atom is 0.259 e. The number of thiophene rings is 1. The fraction of sp³-hybridized carbons (Fsp3) is 0.200. The molecule has 8 nitrogen and oxygen atoms in total. The second-order valence-electron chi connectivity index (χ2n) is 9.14. The lowest BCUT2D eigenvalue weighted by Gasteiger charge is -2.18. The first-order valence-corrected chi connectivity index (χ1v) is 13.5. The van der Waals surface area contributed by atoms with Crippen LogP contribution < -0.4 is 21.1 Å². The third-order valence-electron chi connectivity index (χ3n) is 6.64. The number of carbonyl (C=O) groups excluding carboxylic acids is 1. The number of carbonyl (C=O) groups is 1. The molecule has 0 saturated heterocycles. The van der Waals surface area contributed by atoms with Crippen LogP contribution in [0.2, 0.25) is 0 Å². The largest absolute Gasteiger partial charge is 0.496 e. The second-order valence-corrected chi connectivity index (χ2v) is 10.3. The van der Waals surface area contributed by atoms with Crippen LogP contribution in [-0.4, -0.2) is 28.0 Å². The van der Waals surface area contributed by atoms with Gasteiger partial charge in [0.15, 0.2) is 0 Å². The molecule has 0 radical (unpaired) electrons. The minimum Gasteiger partial charge on any atom is -0.496 e. The number of fused-ring (bicyclic) bond motifs is 1. The highest BCUT2D eigenvalue weighted by molar-refractivity contribution is 7.15. The normalized spacial score (nSPS) is 11.8. The number of nitrogen functional groups attached to an aromatic ring is 1. The zero-order valence-electron chi connectivity index (χ0n) is 22.1. The number of nitrogens with zero attached hydrogens (tertiary/aromatic N) is 3. The van der Waals surface area contributed by atoms with Gasteiger partial charge in [-0.05, 0) is 60.4 Å². The number of aryl methyl sites for hydroxylation is 1. The van der Waals surface area contributed by atoms with Gasteiger partial charge in [0.2, 0.25) is 0 Å². The van der Waals surface area contributed by atoms with E-state index in [1.54, 1.807) is 30.7 Å². The van der Waals surface area contributed by atoms with Gasteiger partial charge >= 0.3 is 0 Å². The number of ether oxygens (including phenoxy) is 1. The zero-order valence-corrected chi connectivity index (χ0v) is 22.9. The number of hydrogen-bond donors (Lipinski definition) is 3. The molecule has 4 N–H and O–H groups in total. The first-order chi connectivity index (χ1) is 19.0. The minimum absolute atomic E-state index is 0.178. The maximum atomic E-state index is 13.4. The first kappa shape index (κ1) is 26.1. The monoisotopic (exact) mass is 538 g/mol. The van der Waals surface area contributed by atoms with Crippen LogP contribution in [0.1, 0.15) is 46.3 Å². The summed E-state index contributed by atoms with van der Waals surface area (Å²) in [5.74, 6) is 1.13. The average Bonchev–Trinajstić information content (AvgIpc) is 3.45. The number of methoxy groups -OCH3 is 1. The van der Waals surface area contributed by atoms with Gasteiger partial charge in [-0.25, -0.2) is 15.0 Å². The highest BCUT2D eigenvalue weighted by Crippen LogP contribution is 2.32. The van der Waals surface area contributed by atoms with E-state index in [2.05, 4.69) is 68.9 Å². The van der Waals surface area contributed by atoms with Crippen LogP contribution in [0.5, 0.6) is 5.75 Å². The van der Waals surface area contributed by atoms with E-state index < -0.39 is 0 Å². The van der Waals surface area contributed by atoms with Crippen LogP contribution in [0.4, 0.5) is 11.6 Å². The van der Waals surface area contributed by atoms with Crippen LogP contribution >= 0.6 is 11.3 Å². The van der Waals surface area contributed by atoms with Gasteiger partial charge in [0.05, 0.1) is 25.2 Å². The lowest BCUT2D eigenvalue weighted by molar-refractivity contribution is 0.0937. The topological polar surface area (TPSA) is 115 Å². The molecule has 0 bridgehead atoms. The summed E-state index contributed by atoms with van der Waals surface area (Å²) in [6, 6.07) is 19.9. The number of nitrogens with two attached hydrogens (primary N) is 1. The first-order valence-electron chi connectivity index (χ1n) is 12.7. The highest BCUT2D eigenvalue weighted by Gasteiger charge is 2.21. The lowest BCUT2D eigenvalue weighted by Crippen LogP contribution is -2.28. The standard InChI is InChI=1S/C30H30N6O2S/c1-4-19-5-7-20(8-6-19)18(2)36-30(37)27-25(38-3)13-14-32-29(27)33-16-22-10-12-26(39-22)21-9-11-24-23(15-21)28(31)35-17-34-24/h5-15,17-18H,4,16H2,1-3H3,(H,32,33)(H,36,37)(H2,31,34,35). The Kier molecular flexibility index (Phi) is 7.69. The van der Waals surface area contributed by atoms with Crippen LogP contribution in [0.15, 0.2) is 73.2 Å². The SMILES string of the molecule is CCc1ccc(C(C)NC(=O)c2c(OC)ccnc2NCc2ccc(-c3ccc4ncnc(N)c4c3)s2)cc1. The van der Waals surface area contributed by atoms with Gasteiger partial charge in [0, 0.05) is 21.3 Å². The van der Waals surface area contributed by atoms with Crippen molar-refractivity contribution in [3.8, 4) is 16.2 Å². The molecule has 3 aromatic heterocycles. The molecular weight excluding hydrogens is 508 g/mol. The van der Waals surface area contributed by atoms with Gasteiger partial charge in [0.1, 0.15) is 29.3 Å². The molecular formula is C30H30N6O2S. The van der Waals surface area contributed by atoms with Crippen LogP contribution in [0, 0.1) is 0 Å². The molecule has 1 amide bonds. The van der Waals surface area contributed by atoms with E-state index in [9.17, 15) is 4.79 Å². The van der Waals surface area contributed by atoms with Crippen molar-refractivity contribution in [2.45, 2.75) is 32.9 Å². The third kappa shape index (κ3) is 5.68. The summed E-state index contributed by atoms with van der Waals surface area (Å²) in [6.07, 6.45) is 4.07. The van der Waals surface area contributed by atoms with Gasteiger partial charge in [-0.15, -0.1) is 11.3 Å². The van der Waals surface area contributed by atoms with Crippen molar-refractivity contribution in [1.82, 2.24) is 20.3 Å². The van der Waals surface area contributed by atoms with E-state index >= 15 is 0 Å². The van der Waals surface area contributed by atoms with E-state index in [0.717, 1.165) is 38.2 Å². The van der Waals surface area contributed by atoms with Crippen LogP contribution in [0.3, 0.4) is 0 Å². The molecule has 3 heterocycles. The van der Waals surface area contributed by atoms with Crippen molar-refractivity contribution < 1.29 is 9.53 Å².